The van der Waals surface area contributed by atoms with Crippen molar-refractivity contribution in [3.8, 4) is 0 Å². The topological polar surface area (TPSA) is 258 Å². The van der Waals surface area contributed by atoms with Crippen LogP contribution in [0.4, 0.5) is 0 Å². The monoisotopic (exact) mass is 506 g/mol. The molecule has 198 valence electrons. The molecule has 36 heavy (non-hydrogen) atoms. The average Bonchev–Trinajstić information content (AvgIpc) is 2.82. The third-order valence-electron chi connectivity index (χ3n) is 4.99. The molecule has 0 saturated carbocycles. The van der Waals surface area contributed by atoms with Crippen LogP contribution in [0.5, 0.6) is 0 Å². The number of carbonyl (C=O) groups excluding carboxylic acids is 4. The Morgan fingerprint density at radius 3 is 2.03 bits per heavy atom. The smallest absolute Gasteiger partial charge is 0.326 e. The summed E-state index contributed by atoms with van der Waals surface area (Å²) in [6, 6.07) is 5.09. The number of hydrogen-bond acceptors (Lipinski definition) is 7. The number of guanidine groups is 1. The van der Waals surface area contributed by atoms with E-state index in [1.807, 2.05) is 0 Å². The first-order valence-corrected chi connectivity index (χ1v) is 11.2. The van der Waals surface area contributed by atoms with Crippen molar-refractivity contribution in [1.29, 1.82) is 0 Å². The van der Waals surface area contributed by atoms with Crippen LogP contribution in [0.2, 0.25) is 0 Å². The zero-order chi connectivity index (χ0) is 27.1. The standard InChI is InChI=1S/C22H34N8O6/c23-12-18(32)28-14(8-9-17(24)31)19(33)30-16(11-13-5-2-1-3-6-13)20(34)29-15(21(35)36)7-4-10-27-22(25)26/h1-3,5-6,14-16H,4,7-12,23H2,(H2,24,31)(H,28,32)(H,29,34)(H,30,33)(H,35,36)(H4,25,26,27). The van der Waals surface area contributed by atoms with Gasteiger partial charge < -0.3 is 44.0 Å². The summed E-state index contributed by atoms with van der Waals surface area (Å²) in [6.45, 7) is -0.219. The summed E-state index contributed by atoms with van der Waals surface area (Å²) in [5, 5.41) is 16.9. The fourth-order valence-electron chi connectivity index (χ4n) is 3.17. The van der Waals surface area contributed by atoms with Gasteiger partial charge in [0.15, 0.2) is 5.96 Å². The number of primary amides is 1. The number of hydrogen-bond donors (Lipinski definition) is 8. The number of carboxylic acids is 1. The molecule has 0 saturated heterocycles. The lowest BCUT2D eigenvalue weighted by molar-refractivity contribution is -0.142. The second kappa shape index (κ2) is 15.7. The Balaban J connectivity index is 3.04. The summed E-state index contributed by atoms with van der Waals surface area (Å²) in [5.74, 6) is -4.24. The summed E-state index contributed by atoms with van der Waals surface area (Å²) in [5.41, 5.74) is 21.7. The maximum atomic E-state index is 13.1. The highest BCUT2D eigenvalue weighted by Gasteiger charge is 2.29. The van der Waals surface area contributed by atoms with Crippen molar-refractivity contribution in [2.45, 2.75) is 50.2 Å². The molecule has 0 heterocycles. The van der Waals surface area contributed by atoms with Crippen LogP contribution in [0.1, 0.15) is 31.2 Å². The van der Waals surface area contributed by atoms with Crippen molar-refractivity contribution in [2.75, 3.05) is 13.1 Å². The lowest BCUT2D eigenvalue weighted by Crippen LogP contribution is -2.57. The summed E-state index contributed by atoms with van der Waals surface area (Å²) in [4.78, 5) is 64.5. The average molecular weight is 507 g/mol. The first-order valence-electron chi connectivity index (χ1n) is 11.2. The molecule has 3 unspecified atom stereocenters. The molecule has 14 heteroatoms. The van der Waals surface area contributed by atoms with Crippen molar-refractivity contribution >= 4 is 35.6 Å². The van der Waals surface area contributed by atoms with E-state index in [-0.39, 0.29) is 44.6 Å². The number of carbonyl (C=O) groups is 5. The van der Waals surface area contributed by atoms with E-state index in [4.69, 9.17) is 22.9 Å². The molecule has 1 rings (SSSR count). The zero-order valence-electron chi connectivity index (χ0n) is 19.8. The molecule has 0 spiro atoms. The molecule has 0 fully saturated rings. The minimum absolute atomic E-state index is 0.0339. The maximum Gasteiger partial charge on any atom is 0.326 e. The van der Waals surface area contributed by atoms with Gasteiger partial charge in [0, 0.05) is 19.4 Å². The van der Waals surface area contributed by atoms with Gasteiger partial charge in [0.05, 0.1) is 6.54 Å². The van der Waals surface area contributed by atoms with Gasteiger partial charge in [-0.2, -0.15) is 0 Å². The van der Waals surface area contributed by atoms with E-state index in [0.29, 0.717) is 5.56 Å². The fourth-order valence-corrected chi connectivity index (χ4v) is 3.17. The van der Waals surface area contributed by atoms with Gasteiger partial charge in [-0.3, -0.25) is 24.2 Å². The Bertz CT molecular complexity index is 936. The minimum Gasteiger partial charge on any atom is -0.480 e. The van der Waals surface area contributed by atoms with Gasteiger partial charge in [-0.05, 0) is 24.8 Å². The van der Waals surface area contributed by atoms with Gasteiger partial charge >= 0.3 is 5.97 Å². The number of aliphatic imine (C=N–C) groups is 1. The SMILES string of the molecule is NCC(=O)NC(CCC(N)=O)C(=O)NC(Cc1ccccc1)C(=O)NC(CCCN=C(N)N)C(=O)O. The highest BCUT2D eigenvalue weighted by atomic mass is 16.4. The molecule has 0 aromatic heterocycles. The molecule has 14 nitrogen and oxygen atoms in total. The molecule has 4 amide bonds. The number of rotatable bonds is 16. The van der Waals surface area contributed by atoms with Gasteiger partial charge in [-0.15, -0.1) is 0 Å². The van der Waals surface area contributed by atoms with Crippen LogP contribution in [-0.4, -0.2) is 71.9 Å². The Morgan fingerprint density at radius 2 is 1.47 bits per heavy atom. The van der Waals surface area contributed by atoms with Crippen LogP contribution in [0.3, 0.4) is 0 Å². The van der Waals surface area contributed by atoms with E-state index in [1.165, 1.54) is 0 Å². The van der Waals surface area contributed by atoms with Gasteiger partial charge in [0.1, 0.15) is 18.1 Å². The van der Waals surface area contributed by atoms with E-state index in [2.05, 4.69) is 20.9 Å². The number of nitrogens with two attached hydrogens (primary N) is 4. The Labute approximate surface area is 208 Å². The van der Waals surface area contributed by atoms with Crippen LogP contribution < -0.4 is 38.9 Å². The Hall–Kier alpha value is -4.20. The highest BCUT2D eigenvalue weighted by molar-refractivity contribution is 5.94. The molecule has 3 atom stereocenters. The van der Waals surface area contributed by atoms with Crippen molar-refractivity contribution < 1.29 is 29.1 Å². The van der Waals surface area contributed by atoms with E-state index < -0.39 is 54.3 Å². The van der Waals surface area contributed by atoms with Crippen LogP contribution in [0.25, 0.3) is 0 Å². The maximum absolute atomic E-state index is 13.1. The molecule has 0 bridgehead atoms. The first kappa shape index (κ1) is 29.8. The summed E-state index contributed by atoms with van der Waals surface area (Å²) in [7, 11) is 0. The summed E-state index contributed by atoms with van der Waals surface area (Å²) >= 11 is 0. The molecule has 1 aromatic rings. The van der Waals surface area contributed by atoms with Gasteiger partial charge in [0.2, 0.25) is 23.6 Å². The van der Waals surface area contributed by atoms with Crippen molar-refractivity contribution in [1.82, 2.24) is 16.0 Å². The van der Waals surface area contributed by atoms with Gasteiger partial charge in [-0.1, -0.05) is 30.3 Å². The number of amides is 4. The number of nitrogens with one attached hydrogen (secondary N) is 3. The highest BCUT2D eigenvalue weighted by Crippen LogP contribution is 2.07. The molecule has 0 aliphatic heterocycles. The van der Waals surface area contributed by atoms with E-state index in [0.717, 1.165) is 0 Å². The second-order valence-electron chi connectivity index (χ2n) is 7.93. The lowest BCUT2D eigenvalue weighted by atomic mass is 10.0. The minimum atomic E-state index is -1.27. The van der Waals surface area contributed by atoms with Gasteiger partial charge in [0.25, 0.3) is 0 Å². The predicted molar refractivity (Wildman–Crippen MR) is 131 cm³/mol. The Morgan fingerprint density at radius 1 is 0.861 bits per heavy atom. The van der Waals surface area contributed by atoms with E-state index >= 15 is 0 Å². The molecule has 12 N–H and O–H groups in total. The quantitative estimate of drug-likeness (QED) is 0.0646. The fraction of sp³-hybridized carbons (Fsp3) is 0.455. The molecular weight excluding hydrogens is 472 g/mol. The number of carboxylic acid groups (broad SMARTS) is 1. The van der Waals surface area contributed by atoms with Crippen LogP contribution in [-0.2, 0) is 30.4 Å². The third-order valence-corrected chi connectivity index (χ3v) is 4.99. The largest absolute Gasteiger partial charge is 0.480 e. The zero-order valence-corrected chi connectivity index (χ0v) is 19.8. The predicted octanol–water partition coefficient (Wildman–Crippen LogP) is -2.95. The lowest BCUT2D eigenvalue weighted by Gasteiger charge is -2.24. The summed E-state index contributed by atoms with van der Waals surface area (Å²) in [6.07, 6.45) is 0.0411. The molecular formula is C22H34N8O6. The van der Waals surface area contributed by atoms with Crippen molar-refractivity contribution in [3.05, 3.63) is 35.9 Å². The Kier molecular flexibility index (Phi) is 13.0. The third kappa shape index (κ3) is 11.8. The number of nitrogens with zero attached hydrogens (tertiary/aromatic N) is 1. The van der Waals surface area contributed by atoms with Crippen LogP contribution >= 0.6 is 0 Å². The van der Waals surface area contributed by atoms with Crippen LogP contribution in [0, 0.1) is 0 Å². The first-order chi connectivity index (χ1) is 17.0. The number of benzene rings is 1. The van der Waals surface area contributed by atoms with E-state index in [1.54, 1.807) is 30.3 Å². The normalized spacial score (nSPS) is 12.9. The summed E-state index contributed by atoms with van der Waals surface area (Å²) < 4.78 is 0. The second-order valence-corrected chi connectivity index (χ2v) is 7.93. The molecule has 0 aliphatic rings. The molecule has 0 aliphatic carbocycles. The molecule has 1 aromatic carbocycles. The number of aliphatic carboxylic acids is 1. The van der Waals surface area contributed by atoms with Crippen LogP contribution in [0.15, 0.2) is 35.3 Å². The van der Waals surface area contributed by atoms with Crippen molar-refractivity contribution in [2.24, 2.45) is 27.9 Å². The van der Waals surface area contributed by atoms with E-state index in [9.17, 15) is 29.1 Å². The molecule has 0 radical (unpaired) electrons. The van der Waals surface area contributed by atoms with Crippen molar-refractivity contribution in [3.63, 3.8) is 0 Å². The van der Waals surface area contributed by atoms with Gasteiger partial charge in [-0.25, -0.2) is 4.79 Å².